The highest BCUT2D eigenvalue weighted by atomic mass is 15.0. The highest BCUT2D eigenvalue weighted by molar-refractivity contribution is 5.12. The molecule has 0 heterocycles. The van der Waals surface area contributed by atoms with Crippen LogP contribution in [-0.2, 0) is 0 Å². The SMILES string of the molecule is CC(C#N)(NC1CC1)C1CCC1. The minimum Gasteiger partial charge on any atom is -0.297 e. The van der Waals surface area contributed by atoms with E-state index in [0.717, 1.165) is 0 Å². The maximum absolute atomic E-state index is 9.08. The molecule has 2 aliphatic rings. The quantitative estimate of drug-likeness (QED) is 0.690. The van der Waals surface area contributed by atoms with Gasteiger partial charge in [0.25, 0.3) is 0 Å². The third kappa shape index (κ3) is 1.34. The highest BCUT2D eigenvalue weighted by Gasteiger charge is 2.41. The standard InChI is InChI=1S/C10H16N2/c1-10(7-11,8-3-2-4-8)12-9-5-6-9/h8-9,12H,2-6H2,1H3. The minimum absolute atomic E-state index is 0.223. The van der Waals surface area contributed by atoms with Crippen molar-refractivity contribution in [3.63, 3.8) is 0 Å². The van der Waals surface area contributed by atoms with Gasteiger partial charge in [-0.2, -0.15) is 5.26 Å². The molecule has 0 aromatic heterocycles. The van der Waals surface area contributed by atoms with E-state index in [1.807, 2.05) is 0 Å². The third-order valence-corrected chi connectivity index (χ3v) is 3.24. The smallest absolute Gasteiger partial charge is 0.106 e. The van der Waals surface area contributed by atoms with Crippen LogP contribution in [0.3, 0.4) is 0 Å². The van der Waals surface area contributed by atoms with Gasteiger partial charge < -0.3 is 0 Å². The summed E-state index contributed by atoms with van der Waals surface area (Å²) in [5.74, 6) is 0.614. The first-order valence-electron chi connectivity index (χ1n) is 4.93. The molecule has 0 aliphatic heterocycles. The first-order chi connectivity index (χ1) is 5.74. The predicted molar refractivity (Wildman–Crippen MR) is 47.5 cm³/mol. The molecule has 1 unspecified atom stereocenters. The molecule has 2 aliphatic carbocycles. The van der Waals surface area contributed by atoms with E-state index in [9.17, 15) is 0 Å². The number of hydrogen-bond donors (Lipinski definition) is 1. The summed E-state index contributed by atoms with van der Waals surface area (Å²) >= 11 is 0. The van der Waals surface area contributed by atoms with Gasteiger partial charge in [0.05, 0.1) is 6.07 Å². The van der Waals surface area contributed by atoms with E-state index in [2.05, 4.69) is 18.3 Å². The predicted octanol–water partition coefficient (Wildman–Crippen LogP) is 1.82. The van der Waals surface area contributed by atoms with Crippen LogP contribution in [0.1, 0.15) is 39.0 Å². The van der Waals surface area contributed by atoms with Gasteiger partial charge >= 0.3 is 0 Å². The van der Waals surface area contributed by atoms with Crippen molar-refractivity contribution in [2.24, 2.45) is 5.92 Å². The van der Waals surface area contributed by atoms with E-state index in [4.69, 9.17) is 5.26 Å². The second-order valence-electron chi connectivity index (χ2n) is 4.36. The molecular formula is C10H16N2. The molecule has 0 spiro atoms. The molecule has 0 radical (unpaired) electrons. The Morgan fingerprint density at radius 3 is 2.33 bits per heavy atom. The van der Waals surface area contributed by atoms with Crippen LogP contribution >= 0.6 is 0 Å². The van der Waals surface area contributed by atoms with E-state index < -0.39 is 0 Å². The van der Waals surface area contributed by atoms with E-state index in [-0.39, 0.29) is 5.54 Å². The van der Waals surface area contributed by atoms with Crippen molar-refractivity contribution in [1.29, 1.82) is 5.26 Å². The molecule has 0 saturated heterocycles. The second-order valence-corrected chi connectivity index (χ2v) is 4.36. The van der Waals surface area contributed by atoms with Gasteiger partial charge in [0, 0.05) is 6.04 Å². The fraction of sp³-hybridized carbons (Fsp3) is 0.900. The monoisotopic (exact) mass is 164 g/mol. The largest absolute Gasteiger partial charge is 0.297 e. The first-order valence-corrected chi connectivity index (χ1v) is 4.93. The molecule has 12 heavy (non-hydrogen) atoms. The van der Waals surface area contributed by atoms with Crippen LogP contribution in [0.2, 0.25) is 0 Å². The number of nitrogens with zero attached hydrogens (tertiary/aromatic N) is 1. The third-order valence-electron chi connectivity index (χ3n) is 3.24. The Labute approximate surface area is 74.0 Å². The Morgan fingerprint density at radius 2 is 2.00 bits per heavy atom. The minimum atomic E-state index is -0.223. The molecule has 1 N–H and O–H groups in total. The Kier molecular flexibility index (Phi) is 1.84. The Balaban J connectivity index is 1.96. The lowest BCUT2D eigenvalue weighted by Gasteiger charge is -2.38. The van der Waals surface area contributed by atoms with E-state index in [0.29, 0.717) is 12.0 Å². The van der Waals surface area contributed by atoms with Gasteiger partial charge in [-0.3, -0.25) is 5.32 Å². The molecule has 2 heteroatoms. The van der Waals surface area contributed by atoms with Crippen molar-refractivity contribution < 1.29 is 0 Å². The fourth-order valence-electron chi connectivity index (χ4n) is 1.88. The fourth-order valence-corrected chi connectivity index (χ4v) is 1.88. The van der Waals surface area contributed by atoms with Crippen molar-refractivity contribution in [3.05, 3.63) is 0 Å². The zero-order valence-electron chi connectivity index (χ0n) is 7.64. The van der Waals surface area contributed by atoms with Gasteiger partial charge in [-0.25, -0.2) is 0 Å². The average Bonchev–Trinajstić information content (AvgIpc) is 2.67. The first kappa shape index (κ1) is 8.07. The Morgan fingerprint density at radius 1 is 1.33 bits per heavy atom. The number of hydrogen-bond acceptors (Lipinski definition) is 2. The molecular weight excluding hydrogens is 148 g/mol. The second kappa shape index (κ2) is 2.74. The van der Waals surface area contributed by atoms with Crippen molar-refractivity contribution in [1.82, 2.24) is 5.32 Å². The van der Waals surface area contributed by atoms with Gasteiger partial charge in [0.15, 0.2) is 0 Å². The van der Waals surface area contributed by atoms with Crippen molar-refractivity contribution in [2.45, 2.75) is 50.6 Å². The summed E-state index contributed by atoms with van der Waals surface area (Å²) < 4.78 is 0. The van der Waals surface area contributed by atoms with E-state index in [1.54, 1.807) is 0 Å². The molecule has 0 amide bonds. The van der Waals surface area contributed by atoms with E-state index in [1.165, 1.54) is 32.1 Å². The zero-order valence-corrected chi connectivity index (χ0v) is 7.64. The van der Waals surface area contributed by atoms with Crippen LogP contribution in [0.25, 0.3) is 0 Å². The lowest BCUT2D eigenvalue weighted by Crippen LogP contribution is -2.51. The van der Waals surface area contributed by atoms with Crippen molar-refractivity contribution >= 4 is 0 Å². The molecule has 2 rings (SSSR count). The molecule has 0 bridgehead atoms. The van der Waals surface area contributed by atoms with E-state index >= 15 is 0 Å². The summed E-state index contributed by atoms with van der Waals surface area (Å²) in [4.78, 5) is 0. The number of nitriles is 1. The summed E-state index contributed by atoms with van der Waals surface area (Å²) in [7, 11) is 0. The highest BCUT2D eigenvalue weighted by Crippen LogP contribution is 2.37. The van der Waals surface area contributed by atoms with Crippen molar-refractivity contribution in [2.75, 3.05) is 0 Å². The summed E-state index contributed by atoms with van der Waals surface area (Å²) in [5, 5.41) is 12.5. The molecule has 2 saturated carbocycles. The topological polar surface area (TPSA) is 35.8 Å². The van der Waals surface area contributed by atoms with Gasteiger partial charge in [0.1, 0.15) is 5.54 Å². The summed E-state index contributed by atoms with van der Waals surface area (Å²) in [6.45, 7) is 2.06. The van der Waals surface area contributed by atoms with Crippen LogP contribution < -0.4 is 5.32 Å². The Bertz CT molecular complexity index is 210. The summed E-state index contributed by atoms with van der Waals surface area (Å²) in [5.41, 5.74) is -0.223. The zero-order chi connectivity index (χ0) is 8.60. The number of rotatable bonds is 3. The maximum atomic E-state index is 9.08. The molecule has 0 aromatic rings. The lowest BCUT2D eigenvalue weighted by molar-refractivity contribution is 0.187. The molecule has 1 atom stereocenters. The lowest BCUT2D eigenvalue weighted by atomic mass is 9.72. The average molecular weight is 164 g/mol. The number of nitrogens with one attached hydrogen (secondary N) is 1. The Hall–Kier alpha value is -0.550. The van der Waals surface area contributed by atoms with Gasteiger partial charge in [0.2, 0.25) is 0 Å². The summed E-state index contributed by atoms with van der Waals surface area (Å²) in [6.07, 6.45) is 6.33. The van der Waals surface area contributed by atoms with Gasteiger partial charge in [-0.15, -0.1) is 0 Å². The molecule has 2 fully saturated rings. The van der Waals surface area contributed by atoms with Gasteiger partial charge in [-0.05, 0) is 38.5 Å². The van der Waals surface area contributed by atoms with Gasteiger partial charge in [-0.1, -0.05) is 6.42 Å². The van der Waals surface area contributed by atoms with Crippen LogP contribution in [0.15, 0.2) is 0 Å². The van der Waals surface area contributed by atoms with Crippen LogP contribution in [-0.4, -0.2) is 11.6 Å². The normalized spacial score (nSPS) is 28.7. The maximum Gasteiger partial charge on any atom is 0.106 e. The summed E-state index contributed by atoms with van der Waals surface area (Å²) in [6, 6.07) is 3.09. The molecule has 66 valence electrons. The van der Waals surface area contributed by atoms with Crippen LogP contribution in [0.4, 0.5) is 0 Å². The molecule has 0 aromatic carbocycles. The van der Waals surface area contributed by atoms with Crippen LogP contribution in [0.5, 0.6) is 0 Å². The molecule has 2 nitrogen and oxygen atoms in total. The van der Waals surface area contributed by atoms with Crippen molar-refractivity contribution in [3.8, 4) is 6.07 Å². The van der Waals surface area contributed by atoms with Crippen LogP contribution in [0, 0.1) is 17.2 Å².